The van der Waals surface area contributed by atoms with E-state index in [1.807, 2.05) is 0 Å². The lowest BCUT2D eigenvalue weighted by molar-refractivity contribution is 0.0186. The Morgan fingerprint density at radius 3 is 2.30 bits per heavy atom. The maximum absolute atomic E-state index is 13.4. The first-order valence-corrected chi connectivity index (χ1v) is 7.46. The molecule has 1 saturated heterocycles. The molecule has 0 saturated carbocycles. The highest BCUT2D eigenvalue weighted by molar-refractivity contribution is 5.68. The van der Waals surface area contributed by atoms with Gasteiger partial charge in [0.15, 0.2) is 17.5 Å². The van der Waals surface area contributed by atoms with E-state index < -0.39 is 35.2 Å². The maximum Gasteiger partial charge on any atom is 0.410 e. The van der Waals surface area contributed by atoms with Crippen molar-refractivity contribution >= 4 is 6.09 Å². The van der Waals surface area contributed by atoms with Crippen LogP contribution < -0.4 is 5.73 Å². The van der Waals surface area contributed by atoms with Crippen LogP contribution in [0.25, 0.3) is 0 Å². The van der Waals surface area contributed by atoms with E-state index in [0.29, 0.717) is 18.5 Å². The summed E-state index contributed by atoms with van der Waals surface area (Å²) >= 11 is 0. The normalized spacial score (nSPS) is 22.1. The average Bonchev–Trinajstić information content (AvgIpc) is 2.42. The van der Waals surface area contributed by atoms with Gasteiger partial charge in [-0.2, -0.15) is 0 Å². The fraction of sp³-hybridized carbons (Fsp3) is 0.562. The van der Waals surface area contributed by atoms with Crippen LogP contribution in [0.15, 0.2) is 12.1 Å². The second-order valence-electron chi connectivity index (χ2n) is 6.78. The topological polar surface area (TPSA) is 55.6 Å². The van der Waals surface area contributed by atoms with Gasteiger partial charge < -0.3 is 15.4 Å². The van der Waals surface area contributed by atoms with Crippen LogP contribution in [-0.2, 0) is 4.74 Å². The van der Waals surface area contributed by atoms with Crippen LogP contribution in [0.1, 0.15) is 38.7 Å². The molecule has 0 unspecified atom stereocenters. The molecule has 1 heterocycles. The minimum absolute atomic E-state index is 0.209. The first kappa shape index (κ1) is 17.6. The number of rotatable bonds is 1. The van der Waals surface area contributed by atoms with Gasteiger partial charge in [-0.05, 0) is 44.9 Å². The summed E-state index contributed by atoms with van der Waals surface area (Å²) in [6.07, 6.45) is -0.0480. The third-order valence-corrected chi connectivity index (χ3v) is 3.74. The lowest BCUT2D eigenvalue weighted by Gasteiger charge is -2.37. The quantitative estimate of drug-likeness (QED) is 0.805. The summed E-state index contributed by atoms with van der Waals surface area (Å²) in [6.45, 7) is 5.86. The van der Waals surface area contributed by atoms with E-state index in [0.717, 1.165) is 12.1 Å². The van der Waals surface area contributed by atoms with E-state index in [1.54, 1.807) is 20.8 Å². The predicted octanol–water partition coefficient (Wildman–Crippen LogP) is 3.16. The molecule has 128 valence electrons. The van der Waals surface area contributed by atoms with Crippen molar-refractivity contribution in [3.8, 4) is 0 Å². The van der Waals surface area contributed by atoms with E-state index in [-0.39, 0.29) is 12.5 Å². The average molecular weight is 330 g/mol. The van der Waals surface area contributed by atoms with E-state index in [1.165, 1.54) is 4.90 Å². The standard InChI is InChI=1S/C16H21F3N2O2/c1-16(2,3)23-15(22)21-5-4-10(13(20)8-21)9-6-11(17)14(19)12(18)7-9/h6-7,10,13H,4-5,8,20H2,1-3H3/t10-,13+/m0/s1. The Hall–Kier alpha value is -1.76. The van der Waals surface area contributed by atoms with Crippen LogP contribution in [-0.4, -0.2) is 35.7 Å². The number of carbonyl (C=O) groups excluding carboxylic acids is 1. The highest BCUT2D eigenvalue weighted by Crippen LogP contribution is 2.30. The van der Waals surface area contributed by atoms with Gasteiger partial charge in [0, 0.05) is 25.0 Å². The van der Waals surface area contributed by atoms with Gasteiger partial charge in [0.25, 0.3) is 0 Å². The number of nitrogens with zero attached hydrogens (tertiary/aromatic N) is 1. The van der Waals surface area contributed by atoms with Gasteiger partial charge in [0.2, 0.25) is 0 Å². The number of ether oxygens (including phenoxy) is 1. The minimum atomic E-state index is -1.49. The van der Waals surface area contributed by atoms with Crippen molar-refractivity contribution in [3.05, 3.63) is 35.1 Å². The van der Waals surface area contributed by atoms with Gasteiger partial charge in [-0.25, -0.2) is 18.0 Å². The first-order chi connectivity index (χ1) is 10.6. The molecular weight excluding hydrogens is 309 g/mol. The van der Waals surface area contributed by atoms with Gasteiger partial charge in [-0.15, -0.1) is 0 Å². The molecule has 0 spiro atoms. The van der Waals surface area contributed by atoms with Crippen LogP contribution in [0.5, 0.6) is 0 Å². The molecule has 0 aliphatic carbocycles. The minimum Gasteiger partial charge on any atom is -0.444 e. The number of hydrogen-bond acceptors (Lipinski definition) is 3. The SMILES string of the molecule is CC(C)(C)OC(=O)N1CC[C@@H](c2cc(F)c(F)c(F)c2)[C@H](N)C1. The smallest absolute Gasteiger partial charge is 0.410 e. The molecule has 2 rings (SSSR count). The molecule has 4 nitrogen and oxygen atoms in total. The van der Waals surface area contributed by atoms with E-state index in [4.69, 9.17) is 10.5 Å². The number of nitrogens with two attached hydrogens (primary N) is 1. The van der Waals surface area contributed by atoms with Crippen molar-refractivity contribution in [1.82, 2.24) is 4.90 Å². The number of carbonyl (C=O) groups is 1. The molecule has 7 heteroatoms. The molecule has 1 aromatic rings. The number of amides is 1. The summed E-state index contributed by atoms with van der Waals surface area (Å²) in [7, 11) is 0. The van der Waals surface area contributed by atoms with Crippen LogP contribution in [0.3, 0.4) is 0 Å². The Morgan fingerprint density at radius 1 is 1.26 bits per heavy atom. The summed E-state index contributed by atoms with van der Waals surface area (Å²) in [6, 6.07) is 1.42. The number of benzene rings is 1. The Balaban J connectivity index is 2.09. The van der Waals surface area contributed by atoms with Crippen molar-refractivity contribution in [2.75, 3.05) is 13.1 Å². The summed E-state index contributed by atoms with van der Waals surface area (Å²) in [5, 5.41) is 0. The van der Waals surface area contributed by atoms with Crippen LogP contribution in [0.2, 0.25) is 0 Å². The zero-order valence-electron chi connectivity index (χ0n) is 13.4. The lowest BCUT2D eigenvalue weighted by Crippen LogP contribution is -2.50. The van der Waals surface area contributed by atoms with E-state index >= 15 is 0 Å². The van der Waals surface area contributed by atoms with Gasteiger partial charge >= 0.3 is 6.09 Å². The van der Waals surface area contributed by atoms with Crippen molar-refractivity contribution < 1.29 is 22.7 Å². The molecule has 1 aliphatic rings. The molecule has 1 aliphatic heterocycles. The fourth-order valence-electron chi connectivity index (χ4n) is 2.68. The monoisotopic (exact) mass is 330 g/mol. The summed E-state index contributed by atoms with van der Waals surface area (Å²) in [4.78, 5) is 13.5. The summed E-state index contributed by atoms with van der Waals surface area (Å²) in [5.41, 5.74) is 5.75. The number of hydrogen-bond donors (Lipinski definition) is 1. The summed E-state index contributed by atoms with van der Waals surface area (Å²) in [5.74, 6) is -4.31. The first-order valence-electron chi connectivity index (χ1n) is 7.46. The molecule has 0 aromatic heterocycles. The summed E-state index contributed by atoms with van der Waals surface area (Å²) < 4.78 is 45.1. The van der Waals surface area contributed by atoms with E-state index in [9.17, 15) is 18.0 Å². The second-order valence-corrected chi connectivity index (χ2v) is 6.78. The maximum atomic E-state index is 13.4. The Labute approximate surface area is 133 Å². The molecular formula is C16H21F3N2O2. The number of halogens is 3. The van der Waals surface area contributed by atoms with Crippen molar-refractivity contribution in [1.29, 1.82) is 0 Å². The third-order valence-electron chi connectivity index (χ3n) is 3.74. The Bertz CT molecular complexity index is 578. The molecule has 1 aromatic carbocycles. The second kappa shape index (κ2) is 6.39. The van der Waals surface area contributed by atoms with Gasteiger partial charge in [0.1, 0.15) is 5.60 Å². The van der Waals surface area contributed by atoms with Crippen LogP contribution in [0, 0.1) is 17.5 Å². The molecule has 1 amide bonds. The Morgan fingerprint density at radius 2 is 1.83 bits per heavy atom. The molecule has 0 radical (unpaired) electrons. The fourth-order valence-corrected chi connectivity index (χ4v) is 2.68. The number of piperidine rings is 1. The molecule has 2 N–H and O–H groups in total. The van der Waals surface area contributed by atoms with Crippen LogP contribution >= 0.6 is 0 Å². The molecule has 1 fully saturated rings. The van der Waals surface area contributed by atoms with Crippen molar-refractivity contribution in [2.24, 2.45) is 5.73 Å². The largest absolute Gasteiger partial charge is 0.444 e. The molecule has 2 atom stereocenters. The highest BCUT2D eigenvalue weighted by atomic mass is 19.2. The zero-order valence-corrected chi connectivity index (χ0v) is 13.4. The predicted molar refractivity (Wildman–Crippen MR) is 79.5 cm³/mol. The van der Waals surface area contributed by atoms with Gasteiger partial charge in [-0.1, -0.05) is 0 Å². The van der Waals surface area contributed by atoms with Crippen molar-refractivity contribution in [2.45, 2.75) is 44.8 Å². The molecule has 0 bridgehead atoms. The zero-order chi connectivity index (χ0) is 17.4. The van der Waals surface area contributed by atoms with Crippen molar-refractivity contribution in [3.63, 3.8) is 0 Å². The van der Waals surface area contributed by atoms with Gasteiger partial charge in [0.05, 0.1) is 0 Å². The lowest BCUT2D eigenvalue weighted by atomic mass is 9.86. The highest BCUT2D eigenvalue weighted by Gasteiger charge is 2.33. The van der Waals surface area contributed by atoms with Gasteiger partial charge in [-0.3, -0.25) is 0 Å². The Kier molecular flexibility index (Phi) is 4.89. The number of likely N-dealkylation sites (tertiary alicyclic amines) is 1. The van der Waals surface area contributed by atoms with Crippen LogP contribution in [0.4, 0.5) is 18.0 Å². The van der Waals surface area contributed by atoms with E-state index in [2.05, 4.69) is 0 Å². The molecule has 23 heavy (non-hydrogen) atoms. The third kappa shape index (κ3) is 4.16.